The van der Waals surface area contributed by atoms with Crippen molar-refractivity contribution in [2.75, 3.05) is 20.0 Å². The van der Waals surface area contributed by atoms with E-state index in [1.54, 1.807) is 14.2 Å². The molecule has 0 amide bonds. The molecule has 0 saturated heterocycles. The number of nitrogens with zero attached hydrogens (tertiary/aromatic N) is 1. The third kappa shape index (κ3) is 4.02. The van der Waals surface area contributed by atoms with Gasteiger partial charge in [-0.05, 0) is 11.6 Å². The summed E-state index contributed by atoms with van der Waals surface area (Å²) in [6.45, 7) is 0.914. The maximum absolute atomic E-state index is 5.42. The molecule has 0 aliphatic carbocycles. The predicted molar refractivity (Wildman–Crippen MR) is 89.0 cm³/mol. The number of hydrogen-bond donors (Lipinski definition) is 1. The van der Waals surface area contributed by atoms with Crippen LogP contribution in [-0.4, -0.2) is 20.0 Å². The molecule has 0 fully saturated rings. The monoisotopic (exact) mass is 302 g/mol. The molecule has 2 aromatic rings. The number of aromatic nitrogens is 1. The van der Waals surface area contributed by atoms with E-state index in [0.717, 1.165) is 34.9 Å². The van der Waals surface area contributed by atoms with E-state index < -0.39 is 0 Å². The molecule has 0 N–H and O–H groups in total. The SMILES string of the molecule is COc1cccc(/C=C/c2cc[n+](CCS)cc2)c1OC. The summed E-state index contributed by atoms with van der Waals surface area (Å²) >= 11 is 4.23. The molecule has 0 radical (unpaired) electrons. The van der Waals surface area contributed by atoms with Crippen LogP contribution in [0.25, 0.3) is 12.2 Å². The highest BCUT2D eigenvalue weighted by atomic mass is 32.1. The molecular weight excluding hydrogens is 282 g/mol. The Morgan fingerprint density at radius 1 is 1.05 bits per heavy atom. The molecule has 4 heteroatoms. The Labute approximate surface area is 131 Å². The average molecular weight is 302 g/mol. The molecule has 21 heavy (non-hydrogen) atoms. The molecule has 0 saturated carbocycles. The van der Waals surface area contributed by atoms with Crippen molar-refractivity contribution in [2.45, 2.75) is 6.54 Å². The van der Waals surface area contributed by atoms with Crippen LogP contribution < -0.4 is 14.0 Å². The minimum Gasteiger partial charge on any atom is -0.493 e. The van der Waals surface area contributed by atoms with Gasteiger partial charge < -0.3 is 9.47 Å². The van der Waals surface area contributed by atoms with E-state index in [1.165, 1.54) is 0 Å². The van der Waals surface area contributed by atoms with Gasteiger partial charge in [0.1, 0.15) is 0 Å². The molecule has 110 valence electrons. The van der Waals surface area contributed by atoms with E-state index in [1.807, 2.05) is 24.3 Å². The van der Waals surface area contributed by atoms with Gasteiger partial charge in [-0.2, -0.15) is 12.6 Å². The van der Waals surface area contributed by atoms with Crippen LogP contribution in [-0.2, 0) is 6.54 Å². The van der Waals surface area contributed by atoms with Gasteiger partial charge in [0, 0.05) is 23.4 Å². The number of ether oxygens (including phenoxy) is 2. The van der Waals surface area contributed by atoms with Gasteiger partial charge in [0.2, 0.25) is 0 Å². The summed E-state index contributed by atoms with van der Waals surface area (Å²) in [4.78, 5) is 0. The Morgan fingerprint density at radius 2 is 1.81 bits per heavy atom. The molecule has 1 heterocycles. The van der Waals surface area contributed by atoms with Crippen LogP contribution in [0.5, 0.6) is 11.5 Å². The highest BCUT2D eigenvalue weighted by Gasteiger charge is 2.06. The highest BCUT2D eigenvalue weighted by Crippen LogP contribution is 2.31. The third-order valence-electron chi connectivity index (χ3n) is 3.16. The Morgan fingerprint density at radius 3 is 2.43 bits per heavy atom. The standard InChI is InChI=1S/C17H19NO2S/c1-19-16-5-3-4-15(17(16)20-2)7-6-14-8-10-18(11-9-14)12-13-21/h3-11H,12-13H2,1-2H3/p+1/b7-6+. The molecule has 3 nitrogen and oxygen atoms in total. The van der Waals surface area contributed by atoms with Crippen LogP contribution in [0.4, 0.5) is 0 Å². The summed E-state index contributed by atoms with van der Waals surface area (Å²) in [5.41, 5.74) is 2.12. The van der Waals surface area contributed by atoms with Crippen LogP contribution in [0, 0.1) is 0 Å². The van der Waals surface area contributed by atoms with E-state index >= 15 is 0 Å². The topological polar surface area (TPSA) is 22.3 Å². The first-order valence-corrected chi connectivity index (χ1v) is 7.40. The zero-order valence-electron chi connectivity index (χ0n) is 12.3. The van der Waals surface area contributed by atoms with Crippen molar-refractivity contribution in [3.05, 3.63) is 53.9 Å². The molecule has 0 aliphatic rings. The number of thiol groups is 1. The van der Waals surface area contributed by atoms with Crippen molar-refractivity contribution in [3.8, 4) is 11.5 Å². The van der Waals surface area contributed by atoms with E-state index in [2.05, 4.69) is 47.8 Å². The van der Waals surface area contributed by atoms with E-state index in [-0.39, 0.29) is 0 Å². The first-order valence-electron chi connectivity index (χ1n) is 6.77. The normalized spacial score (nSPS) is 10.8. The van der Waals surface area contributed by atoms with E-state index in [0.29, 0.717) is 0 Å². The average Bonchev–Trinajstić information content (AvgIpc) is 2.54. The van der Waals surface area contributed by atoms with Gasteiger partial charge in [-0.15, -0.1) is 0 Å². The van der Waals surface area contributed by atoms with Crippen LogP contribution in [0.3, 0.4) is 0 Å². The largest absolute Gasteiger partial charge is 0.493 e. The van der Waals surface area contributed by atoms with Gasteiger partial charge in [0.05, 0.1) is 14.2 Å². The second-order valence-corrected chi connectivity index (χ2v) is 4.96. The first-order chi connectivity index (χ1) is 10.3. The molecule has 0 atom stereocenters. The number of rotatable bonds is 6. The zero-order valence-corrected chi connectivity index (χ0v) is 13.2. The van der Waals surface area contributed by atoms with Gasteiger partial charge in [-0.3, -0.25) is 0 Å². The Hall–Kier alpha value is -1.94. The molecule has 2 rings (SSSR count). The molecule has 1 aromatic heterocycles. The fourth-order valence-electron chi connectivity index (χ4n) is 2.07. The Kier molecular flexibility index (Phi) is 5.69. The number of aryl methyl sites for hydroxylation is 1. The second kappa shape index (κ2) is 7.74. The maximum atomic E-state index is 5.42. The molecule has 0 unspecified atom stereocenters. The van der Waals surface area contributed by atoms with Crippen LogP contribution >= 0.6 is 12.6 Å². The smallest absolute Gasteiger partial charge is 0.169 e. The van der Waals surface area contributed by atoms with Gasteiger partial charge in [-0.25, -0.2) is 4.57 Å². The number of hydrogen-bond acceptors (Lipinski definition) is 3. The molecule has 0 aliphatic heterocycles. The summed E-state index contributed by atoms with van der Waals surface area (Å²) in [6.07, 6.45) is 8.19. The van der Waals surface area contributed by atoms with E-state index in [9.17, 15) is 0 Å². The van der Waals surface area contributed by atoms with Crippen molar-refractivity contribution in [3.63, 3.8) is 0 Å². The van der Waals surface area contributed by atoms with Crippen molar-refractivity contribution >= 4 is 24.8 Å². The minimum absolute atomic E-state index is 0.735. The second-order valence-electron chi connectivity index (χ2n) is 4.51. The van der Waals surface area contributed by atoms with Crippen molar-refractivity contribution in [1.82, 2.24) is 0 Å². The lowest BCUT2D eigenvalue weighted by molar-refractivity contribution is -0.692. The number of para-hydroxylation sites is 1. The zero-order chi connectivity index (χ0) is 15.1. The number of pyridine rings is 1. The Balaban J connectivity index is 2.21. The van der Waals surface area contributed by atoms with Crippen molar-refractivity contribution in [1.29, 1.82) is 0 Å². The van der Waals surface area contributed by atoms with Crippen LogP contribution in [0.15, 0.2) is 42.7 Å². The van der Waals surface area contributed by atoms with Gasteiger partial charge in [-0.1, -0.05) is 24.3 Å². The summed E-state index contributed by atoms with van der Waals surface area (Å²) < 4.78 is 12.8. The maximum Gasteiger partial charge on any atom is 0.169 e. The van der Waals surface area contributed by atoms with Crippen molar-refractivity contribution in [2.24, 2.45) is 0 Å². The summed E-state index contributed by atoms with van der Waals surface area (Å²) in [7, 11) is 3.29. The lowest BCUT2D eigenvalue weighted by atomic mass is 10.1. The predicted octanol–water partition coefficient (Wildman–Crippen LogP) is 3.09. The van der Waals surface area contributed by atoms with E-state index in [4.69, 9.17) is 9.47 Å². The Bertz CT molecular complexity index is 609. The van der Waals surface area contributed by atoms with Crippen molar-refractivity contribution < 1.29 is 14.0 Å². The summed E-state index contributed by atoms with van der Waals surface area (Å²) in [5, 5.41) is 0. The molecule has 1 aromatic carbocycles. The van der Waals surface area contributed by atoms with Gasteiger partial charge >= 0.3 is 0 Å². The van der Waals surface area contributed by atoms with Gasteiger partial charge in [0.15, 0.2) is 30.4 Å². The third-order valence-corrected chi connectivity index (χ3v) is 3.36. The first kappa shape index (κ1) is 15.4. The molecular formula is C17H20NO2S+. The van der Waals surface area contributed by atoms with Gasteiger partial charge in [0.25, 0.3) is 0 Å². The fraction of sp³-hybridized carbons (Fsp3) is 0.235. The number of benzene rings is 1. The summed E-state index contributed by atoms with van der Waals surface area (Å²) in [6, 6.07) is 9.99. The number of methoxy groups -OCH3 is 2. The lowest BCUT2D eigenvalue weighted by Gasteiger charge is -2.09. The minimum atomic E-state index is 0.735. The van der Waals surface area contributed by atoms with Crippen LogP contribution in [0.2, 0.25) is 0 Å². The quantitative estimate of drug-likeness (QED) is 0.654. The molecule has 0 bridgehead atoms. The summed E-state index contributed by atoms with van der Waals surface area (Å²) in [5.74, 6) is 2.32. The lowest BCUT2D eigenvalue weighted by Crippen LogP contribution is -2.33. The van der Waals surface area contributed by atoms with Crippen LogP contribution in [0.1, 0.15) is 11.1 Å². The molecule has 0 spiro atoms. The highest BCUT2D eigenvalue weighted by molar-refractivity contribution is 7.80. The fourth-order valence-corrected chi connectivity index (χ4v) is 2.30.